The summed E-state index contributed by atoms with van der Waals surface area (Å²) in [7, 11) is 0. The number of H-pyrrole nitrogens is 1. The predicted octanol–water partition coefficient (Wildman–Crippen LogP) is 0.861. The van der Waals surface area contributed by atoms with Crippen LogP contribution in [0.3, 0.4) is 0 Å². The summed E-state index contributed by atoms with van der Waals surface area (Å²) in [6.07, 6.45) is 3.47. The van der Waals surface area contributed by atoms with Gasteiger partial charge in [-0.05, 0) is 13.3 Å². The minimum atomic E-state index is 0.0119. The molecule has 0 aliphatic carbocycles. The van der Waals surface area contributed by atoms with Gasteiger partial charge in [0, 0.05) is 18.3 Å². The lowest BCUT2D eigenvalue weighted by Crippen LogP contribution is -2.26. The topological polar surface area (TPSA) is 83.6 Å². The van der Waals surface area contributed by atoms with E-state index in [1.54, 1.807) is 11.3 Å². The number of hydrogen-bond acceptors (Lipinski definition) is 5. The van der Waals surface area contributed by atoms with Crippen molar-refractivity contribution in [3.05, 3.63) is 28.2 Å². The maximum atomic E-state index is 11.6. The van der Waals surface area contributed by atoms with Gasteiger partial charge in [0.05, 0.1) is 17.1 Å². The third-order valence-corrected chi connectivity index (χ3v) is 3.21. The normalized spacial score (nSPS) is 10.5. The number of hydrogen-bond donors (Lipinski definition) is 2. The van der Waals surface area contributed by atoms with Crippen molar-refractivity contribution in [2.75, 3.05) is 6.54 Å². The van der Waals surface area contributed by atoms with E-state index in [4.69, 9.17) is 0 Å². The van der Waals surface area contributed by atoms with Crippen molar-refractivity contribution in [3.8, 4) is 0 Å². The molecule has 0 aromatic carbocycles. The SMILES string of the molecule is Cc1nc(CC(=O)NCCCc2ncn[nH]2)cs1. The number of thiazole rings is 1. The third kappa shape index (κ3) is 3.92. The van der Waals surface area contributed by atoms with Gasteiger partial charge in [0.2, 0.25) is 5.91 Å². The molecule has 2 N–H and O–H groups in total. The van der Waals surface area contributed by atoms with Crippen molar-refractivity contribution in [1.82, 2.24) is 25.5 Å². The van der Waals surface area contributed by atoms with Crippen LogP contribution in [0.15, 0.2) is 11.7 Å². The summed E-state index contributed by atoms with van der Waals surface area (Å²) in [5.74, 6) is 0.859. The molecule has 0 unspecified atom stereocenters. The van der Waals surface area contributed by atoms with Gasteiger partial charge in [-0.1, -0.05) is 0 Å². The van der Waals surface area contributed by atoms with Gasteiger partial charge in [-0.25, -0.2) is 9.97 Å². The zero-order valence-corrected chi connectivity index (χ0v) is 11.0. The molecule has 2 rings (SSSR count). The van der Waals surface area contributed by atoms with Crippen LogP contribution in [0.25, 0.3) is 0 Å². The van der Waals surface area contributed by atoms with Gasteiger partial charge in [-0.15, -0.1) is 11.3 Å². The minimum absolute atomic E-state index is 0.0119. The Morgan fingerprint density at radius 1 is 1.56 bits per heavy atom. The highest BCUT2D eigenvalue weighted by atomic mass is 32.1. The third-order valence-electron chi connectivity index (χ3n) is 2.39. The zero-order chi connectivity index (χ0) is 12.8. The summed E-state index contributed by atoms with van der Waals surface area (Å²) in [5.41, 5.74) is 0.838. The van der Waals surface area contributed by atoms with Crippen molar-refractivity contribution >= 4 is 17.2 Å². The molecule has 2 aromatic heterocycles. The van der Waals surface area contributed by atoms with E-state index < -0.39 is 0 Å². The molecule has 2 aromatic rings. The van der Waals surface area contributed by atoms with E-state index in [0.717, 1.165) is 29.4 Å². The smallest absolute Gasteiger partial charge is 0.226 e. The Morgan fingerprint density at radius 2 is 2.44 bits per heavy atom. The molecule has 0 saturated carbocycles. The van der Waals surface area contributed by atoms with Gasteiger partial charge < -0.3 is 5.32 Å². The second kappa shape index (κ2) is 6.25. The van der Waals surface area contributed by atoms with Gasteiger partial charge in [0.1, 0.15) is 12.2 Å². The van der Waals surface area contributed by atoms with E-state index in [1.165, 1.54) is 6.33 Å². The molecule has 0 saturated heterocycles. The van der Waals surface area contributed by atoms with Crippen LogP contribution in [-0.4, -0.2) is 32.6 Å². The maximum Gasteiger partial charge on any atom is 0.226 e. The Kier molecular flexibility index (Phi) is 4.40. The quantitative estimate of drug-likeness (QED) is 0.759. The molecule has 96 valence electrons. The van der Waals surface area contributed by atoms with Crippen LogP contribution in [0.1, 0.15) is 22.9 Å². The first-order valence-corrected chi connectivity index (χ1v) is 6.64. The Bertz CT molecular complexity index is 493. The Balaban J connectivity index is 1.63. The molecular formula is C11H15N5OS. The molecule has 6 nitrogen and oxygen atoms in total. The van der Waals surface area contributed by atoms with Gasteiger partial charge in [0.25, 0.3) is 0 Å². The Labute approximate surface area is 109 Å². The minimum Gasteiger partial charge on any atom is -0.356 e. The fourth-order valence-corrected chi connectivity index (χ4v) is 2.16. The van der Waals surface area contributed by atoms with Crippen molar-refractivity contribution in [3.63, 3.8) is 0 Å². The first-order valence-electron chi connectivity index (χ1n) is 5.76. The van der Waals surface area contributed by atoms with Gasteiger partial charge in [-0.2, -0.15) is 5.10 Å². The molecule has 7 heteroatoms. The number of rotatable bonds is 6. The average Bonchev–Trinajstić information content (AvgIpc) is 2.96. The highest BCUT2D eigenvalue weighted by Crippen LogP contribution is 2.08. The van der Waals surface area contributed by atoms with Crippen LogP contribution in [0.5, 0.6) is 0 Å². The van der Waals surface area contributed by atoms with E-state index in [-0.39, 0.29) is 5.91 Å². The number of amides is 1. The van der Waals surface area contributed by atoms with E-state index in [0.29, 0.717) is 13.0 Å². The van der Waals surface area contributed by atoms with E-state index in [2.05, 4.69) is 25.5 Å². The highest BCUT2D eigenvalue weighted by molar-refractivity contribution is 7.09. The fourth-order valence-electron chi connectivity index (χ4n) is 1.55. The number of aryl methyl sites for hydroxylation is 2. The largest absolute Gasteiger partial charge is 0.356 e. The molecule has 18 heavy (non-hydrogen) atoms. The lowest BCUT2D eigenvalue weighted by Gasteiger charge is -2.02. The van der Waals surface area contributed by atoms with Crippen molar-refractivity contribution in [2.24, 2.45) is 0 Å². The monoisotopic (exact) mass is 265 g/mol. The standard InChI is InChI=1S/C11H15N5OS/c1-8-15-9(6-18-8)5-11(17)12-4-2-3-10-13-7-14-16-10/h6-7H,2-5H2,1H3,(H,12,17)(H,13,14,16). The summed E-state index contributed by atoms with van der Waals surface area (Å²) >= 11 is 1.56. The fraction of sp³-hybridized carbons (Fsp3) is 0.455. The van der Waals surface area contributed by atoms with Crippen LogP contribution in [-0.2, 0) is 17.6 Å². The number of aromatic nitrogens is 4. The van der Waals surface area contributed by atoms with Crippen molar-refractivity contribution in [2.45, 2.75) is 26.2 Å². The second-order valence-corrected chi connectivity index (χ2v) is 4.98. The summed E-state index contributed by atoms with van der Waals surface area (Å²) < 4.78 is 0. The predicted molar refractivity (Wildman–Crippen MR) is 68.3 cm³/mol. The first-order chi connectivity index (χ1) is 8.74. The average molecular weight is 265 g/mol. The number of carbonyl (C=O) groups excluding carboxylic acids is 1. The lowest BCUT2D eigenvalue weighted by atomic mass is 10.3. The molecule has 0 spiro atoms. The Morgan fingerprint density at radius 3 is 3.11 bits per heavy atom. The zero-order valence-electron chi connectivity index (χ0n) is 10.1. The van der Waals surface area contributed by atoms with E-state index >= 15 is 0 Å². The molecule has 0 atom stereocenters. The first kappa shape index (κ1) is 12.7. The molecule has 2 heterocycles. The van der Waals surface area contributed by atoms with Gasteiger partial charge >= 0.3 is 0 Å². The summed E-state index contributed by atoms with van der Waals surface area (Å²) in [5, 5.41) is 12.3. The Hall–Kier alpha value is -1.76. The van der Waals surface area contributed by atoms with E-state index in [1.807, 2.05) is 12.3 Å². The highest BCUT2D eigenvalue weighted by Gasteiger charge is 2.05. The van der Waals surface area contributed by atoms with Crippen LogP contribution < -0.4 is 5.32 Å². The van der Waals surface area contributed by atoms with Crippen LogP contribution in [0.2, 0.25) is 0 Å². The molecular weight excluding hydrogens is 250 g/mol. The summed E-state index contributed by atoms with van der Waals surface area (Å²) in [6.45, 7) is 2.58. The van der Waals surface area contributed by atoms with Crippen molar-refractivity contribution < 1.29 is 4.79 Å². The second-order valence-electron chi connectivity index (χ2n) is 3.92. The number of carbonyl (C=O) groups is 1. The molecule has 0 bridgehead atoms. The van der Waals surface area contributed by atoms with Crippen molar-refractivity contribution in [1.29, 1.82) is 0 Å². The van der Waals surface area contributed by atoms with E-state index in [9.17, 15) is 4.79 Å². The number of nitrogens with one attached hydrogen (secondary N) is 2. The van der Waals surface area contributed by atoms with Gasteiger partial charge in [0.15, 0.2) is 0 Å². The molecule has 1 amide bonds. The van der Waals surface area contributed by atoms with Crippen LogP contribution in [0, 0.1) is 6.92 Å². The summed E-state index contributed by atoms with van der Waals surface area (Å²) in [6, 6.07) is 0. The molecule has 0 aliphatic heterocycles. The lowest BCUT2D eigenvalue weighted by molar-refractivity contribution is -0.120. The number of nitrogens with zero attached hydrogens (tertiary/aromatic N) is 3. The van der Waals surface area contributed by atoms with Crippen LogP contribution >= 0.6 is 11.3 Å². The number of aromatic amines is 1. The van der Waals surface area contributed by atoms with Gasteiger partial charge in [-0.3, -0.25) is 9.89 Å². The molecule has 0 fully saturated rings. The molecule has 0 radical (unpaired) electrons. The summed E-state index contributed by atoms with van der Waals surface area (Å²) in [4.78, 5) is 19.9. The van der Waals surface area contributed by atoms with Crippen LogP contribution in [0.4, 0.5) is 0 Å². The maximum absolute atomic E-state index is 11.6. The molecule has 0 aliphatic rings.